The molecular formula is C23H24F3N3O5S. The average molecular weight is 512 g/mol. The summed E-state index contributed by atoms with van der Waals surface area (Å²) in [5.74, 6) is -2.52. The Morgan fingerprint density at radius 1 is 1.17 bits per heavy atom. The summed E-state index contributed by atoms with van der Waals surface area (Å²) >= 11 is 0. The van der Waals surface area contributed by atoms with Crippen LogP contribution >= 0.6 is 0 Å². The van der Waals surface area contributed by atoms with E-state index < -0.39 is 45.0 Å². The van der Waals surface area contributed by atoms with E-state index in [1.54, 1.807) is 20.8 Å². The lowest BCUT2D eigenvalue weighted by atomic mass is 9.85. The van der Waals surface area contributed by atoms with E-state index in [-0.39, 0.29) is 47.2 Å². The number of hydrogen-bond acceptors (Lipinski definition) is 6. The van der Waals surface area contributed by atoms with E-state index in [4.69, 9.17) is 0 Å². The number of nitrogens with one attached hydrogen (secondary N) is 1. The second-order valence-corrected chi connectivity index (χ2v) is 11.8. The van der Waals surface area contributed by atoms with Crippen LogP contribution in [0.1, 0.15) is 49.5 Å². The Balaban J connectivity index is 1.68. The van der Waals surface area contributed by atoms with Gasteiger partial charge in [-0.2, -0.15) is 8.78 Å². The van der Waals surface area contributed by atoms with Crippen LogP contribution in [-0.4, -0.2) is 48.9 Å². The lowest BCUT2D eigenvalue weighted by Crippen LogP contribution is -2.51. The highest BCUT2D eigenvalue weighted by Gasteiger charge is 2.46. The highest BCUT2D eigenvalue weighted by Crippen LogP contribution is 2.46. The van der Waals surface area contributed by atoms with Crippen LogP contribution in [-0.2, 0) is 20.0 Å². The summed E-state index contributed by atoms with van der Waals surface area (Å²) in [5.41, 5.74) is -1.80. The largest absolute Gasteiger partial charge is 0.435 e. The lowest BCUT2D eigenvalue weighted by molar-refractivity contribution is -0.121. The highest BCUT2D eigenvalue weighted by atomic mass is 32.2. The summed E-state index contributed by atoms with van der Waals surface area (Å²) in [6.45, 7) is 1.83. The SMILES string of the molecule is CC1(NC(=O)c2cc3c(cc2F)N(c2cc(OC(F)F)ccn2)C(=O)C3(C)C)CCS(=O)(=O)CC1. The fourth-order valence-electron chi connectivity index (χ4n) is 4.31. The smallest absolute Gasteiger partial charge is 0.387 e. The number of carbonyl (C=O) groups is 2. The Morgan fingerprint density at radius 2 is 1.83 bits per heavy atom. The molecule has 2 aliphatic rings. The fourth-order valence-corrected chi connectivity index (χ4v) is 6.03. The molecule has 0 bridgehead atoms. The van der Waals surface area contributed by atoms with Crippen LogP contribution in [0.2, 0.25) is 0 Å². The van der Waals surface area contributed by atoms with Gasteiger partial charge in [0.1, 0.15) is 27.2 Å². The Morgan fingerprint density at radius 3 is 2.46 bits per heavy atom. The number of rotatable bonds is 5. The Hall–Kier alpha value is -3.15. The molecule has 4 rings (SSSR count). The van der Waals surface area contributed by atoms with Crippen LogP contribution in [0.15, 0.2) is 30.5 Å². The number of alkyl halides is 2. The van der Waals surface area contributed by atoms with Crippen molar-refractivity contribution in [3.05, 3.63) is 47.4 Å². The third kappa shape index (κ3) is 4.71. The number of halogens is 3. The van der Waals surface area contributed by atoms with Gasteiger partial charge in [-0.3, -0.25) is 14.5 Å². The summed E-state index contributed by atoms with van der Waals surface area (Å²) in [6, 6.07) is 4.67. The van der Waals surface area contributed by atoms with Crippen molar-refractivity contribution in [3.63, 3.8) is 0 Å². The zero-order chi connectivity index (χ0) is 25.8. The maximum atomic E-state index is 15.2. The van der Waals surface area contributed by atoms with E-state index in [9.17, 15) is 26.8 Å². The molecule has 0 atom stereocenters. The number of fused-ring (bicyclic) bond motifs is 1. The van der Waals surface area contributed by atoms with Gasteiger partial charge in [-0.1, -0.05) is 0 Å². The number of anilines is 2. The van der Waals surface area contributed by atoms with E-state index in [1.165, 1.54) is 18.3 Å². The van der Waals surface area contributed by atoms with Crippen LogP contribution in [0.4, 0.5) is 24.7 Å². The van der Waals surface area contributed by atoms with Gasteiger partial charge in [0.2, 0.25) is 5.91 Å². The van der Waals surface area contributed by atoms with Crippen LogP contribution in [0, 0.1) is 5.82 Å². The molecule has 1 aromatic heterocycles. The lowest BCUT2D eigenvalue weighted by Gasteiger charge is -2.34. The number of ether oxygens (including phenoxy) is 1. The van der Waals surface area contributed by atoms with Gasteiger partial charge < -0.3 is 10.1 Å². The molecule has 0 radical (unpaired) electrons. The molecule has 1 aromatic carbocycles. The average Bonchev–Trinajstić information content (AvgIpc) is 2.94. The van der Waals surface area contributed by atoms with Crippen molar-refractivity contribution in [2.75, 3.05) is 16.4 Å². The van der Waals surface area contributed by atoms with Gasteiger partial charge in [-0.05, 0) is 57.4 Å². The van der Waals surface area contributed by atoms with Crippen molar-refractivity contribution >= 4 is 33.2 Å². The van der Waals surface area contributed by atoms with E-state index >= 15 is 4.39 Å². The van der Waals surface area contributed by atoms with Crippen molar-refractivity contribution < 1.29 is 35.9 Å². The maximum Gasteiger partial charge on any atom is 0.387 e. The zero-order valence-electron chi connectivity index (χ0n) is 19.3. The van der Waals surface area contributed by atoms with E-state index in [0.717, 1.165) is 17.0 Å². The topological polar surface area (TPSA) is 106 Å². The number of pyridine rings is 1. The first kappa shape index (κ1) is 25.0. The van der Waals surface area contributed by atoms with Gasteiger partial charge >= 0.3 is 6.61 Å². The first-order valence-corrected chi connectivity index (χ1v) is 12.7. The van der Waals surface area contributed by atoms with Crippen LogP contribution in [0.25, 0.3) is 0 Å². The minimum Gasteiger partial charge on any atom is -0.435 e. The Labute approximate surface area is 200 Å². The molecule has 1 N–H and O–H groups in total. The molecular weight excluding hydrogens is 487 g/mol. The molecule has 2 aromatic rings. The Kier molecular flexibility index (Phi) is 6.06. The quantitative estimate of drug-likeness (QED) is 0.659. The molecule has 3 heterocycles. The van der Waals surface area contributed by atoms with Crippen LogP contribution < -0.4 is 15.0 Å². The summed E-state index contributed by atoms with van der Waals surface area (Å²) in [7, 11) is -3.16. The standard InChI is InChI=1S/C23H24F3N3O5S/c1-22(2)15-11-14(19(30)28-23(3)5-8-35(32,33)9-6-23)16(24)12-17(15)29(20(22)31)18-10-13(4-7-27-18)34-21(25)26/h4,7,10-12,21H,5-6,8-9H2,1-3H3,(H,28,30). The normalized spacial score (nSPS) is 20.0. The van der Waals surface area contributed by atoms with Gasteiger partial charge in [-0.25, -0.2) is 17.8 Å². The number of sulfone groups is 1. The third-order valence-electron chi connectivity index (χ3n) is 6.50. The fraction of sp³-hybridized carbons (Fsp3) is 0.435. The summed E-state index contributed by atoms with van der Waals surface area (Å²) < 4.78 is 68.3. The molecule has 2 aliphatic heterocycles. The number of benzene rings is 1. The van der Waals surface area contributed by atoms with Gasteiger partial charge in [0.15, 0.2) is 0 Å². The van der Waals surface area contributed by atoms with Crippen molar-refractivity contribution in [1.82, 2.24) is 10.3 Å². The number of amides is 2. The minimum absolute atomic E-state index is 0.0347. The second-order valence-electron chi connectivity index (χ2n) is 9.51. The van der Waals surface area contributed by atoms with Gasteiger partial charge in [0.25, 0.3) is 5.91 Å². The summed E-state index contributed by atoms with van der Waals surface area (Å²) in [6.07, 6.45) is 1.59. The third-order valence-corrected chi connectivity index (χ3v) is 8.15. The maximum absolute atomic E-state index is 15.2. The minimum atomic E-state index is -3.16. The van der Waals surface area contributed by atoms with Crippen LogP contribution in [0.3, 0.4) is 0 Å². The van der Waals surface area contributed by atoms with E-state index in [1.807, 2.05) is 0 Å². The van der Waals surface area contributed by atoms with Crippen molar-refractivity contribution in [2.45, 2.75) is 51.2 Å². The molecule has 188 valence electrons. The molecule has 2 amide bonds. The van der Waals surface area contributed by atoms with Crippen molar-refractivity contribution in [3.8, 4) is 5.75 Å². The number of nitrogens with zero attached hydrogens (tertiary/aromatic N) is 2. The molecule has 12 heteroatoms. The monoisotopic (exact) mass is 511 g/mol. The van der Waals surface area contributed by atoms with Crippen molar-refractivity contribution in [1.29, 1.82) is 0 Å². The molecule has 8 nitrogen and oxygen atoms in total. The first-order chi connectivity index (χ1) is 16.2. The predicted octanol–water partition coefficient (Wildman–Crippen LogP) is 3.48. The predicted molar refractivity (Wildman–Crippen MR) is 121 cm³/mol. The molecule has 1 saturated heterocycles. The van der Waals surface area contributed by atoms with E-state index in [0.29, 0.717) is 5.56 Å². The summed E-state index contributed by atoms with van der Waals surface area (Å²) in [5, 5.41) is 2.75. The molecule has 35 heavy (non-hydrogen) atoms. The second kappa shape index (κ2) is 8.51. The summed E-state index contributed by atoms with van der Waals surface area (Å²) in [4.78, 5) is 31.4. The zero-order valence-corrected chi connectivity index (χ0v) is 20.1. The van der Waals surface area contributed by atoms with Gasteiger partial charge in [0, 0.05) is 17.8 Å². The van der Waals surface area contributed by atoms with Gasteiger partial charge in [-0.15, -0.1) is 0 Å². The Bertz CT molecular complexity index is 1300. The molecule has 0 unspecified atom stereocenters. The number of hydrogen-bond donors (Lipinski definition) is 1. The number of aromatic nitrogens is 1. The molecule has 0 spiro atoms. The van der Waals surface area contributed by atoms with E-state index in [2.05, 4.69) is 15.0 Å². The number of carbonyl (C=O) groups excluding carboxylic acids is 2. The molecule has 0 saturated carbocycles. The molecule has 0 aliphatic carbocycles. The highest BCUT2D eigenvalue weighted by molar-refractivity contribution is 7.91. The van der Waals surface area contributed by atoms with Gasteiger partial charge in [0.05, 0.1) is 28.2 Å². The van der Waals surface area contributed by atoms with Crippen LogP contribution in [0.5, 0.6) is 5.75 Å². The van der Waals surface area contributed by atoms with Crippen molar-refractivity contribution in [2.24, 2.45) is 0 Å². The first-order valence-electron chi connectivity index (χ1n) is 10.8. The molecule has 1 fully saturated rings.